The molecule has 0 fully saturated rings. The number of hydrogen-bond donors (Lipinski definition) is 2. The van der Waals surface area contributed by atoms with E-state index >= 15 is 0 Å². The van der Waals surface area contributed by atoms with Crippen molar-refractivity contribution in [1.82, 2.24) is 15.3 Å². The molecule has 0 aliphatic carbocycles. The minimum absolute atomic E-state index is 0.0161. The summed E-state index contributed by atoms with van der Waals surface area (Å²) in [5.74, 6) is -0.837. The fourth-order valence-electron chi connectivity index (χ4n) is 3.44. The van der Waals surface area contributed by atoms with Crippen LogP contribution >= 0.6 is 11.3 Å². The van der Waals surface area contributed by atoms with Crippen LogP contribution in [-0.2, 0) is 21.6 Å². The molecule has 0 unspecified atom stereocenters. The second-order valence-corrected chi connectivity index (χ2v) is 10.8. The minimum Gasteiger partial charge on any atom is -0.456 e. The van der Waals surface area contributed by atoms with E-state index in [4.69, 9.17) is 4.74 Å². The van der Waals surface area contributed by atoms with E-state index in [2.05, 4.69) is 36.1 Å². The van der Waals surface area contributed by atoms with Crippen molar-refractivity contribution >= 4 is 33.4 Å². The van der Waals surface area contributed by atoms with Crippen LogP contribution in [0.5, 0.6) is 0 Å². The van der Waals surface area contributed by atoms with E-state index in [0.717, 1.165) is 16.0 Å². The third-order valence-corrected chi connectivity index (χ3v) is 6.76. The van der Waals surface area contributed by atoms with Crippen LogP contribution in [0.2, 0.25) is 0 Å². The van der Waals surface area contributed by atoms with Crippen molar-refractivity contribution in [3.05, 3.63) is 62.0 Å². The fraction of sp³-hybridized carbons (Fsp3) is 0.440. The van der Waals surface area contributed by atoms with Gasteiger partial charge in [-0.3, -0.25) is 9.59 Å². The number of thiophene rings is 1. The Kier molecular flexibility index (Phi) is 7.07. The van der Waals surface area contributed by atoms with Crippen LogP contribution in [0.1, 0.15) is 66.8 Å². The van der Waals surface area contributed by atoms with Crippen molar-refractivity contribution in [2.75, 3.05) is 0 Å². The first-order chi connectivity index (χ1) is 15.4. The van der Waals surface area contributed by atoms with E-state index in [0.29, 0.717) is 15.8 Å². The summed E-state index contributed by atoms with van der Waals surface area (Å²) in [4.78, 5) is 46.7. The molecule has 1 aromatic carbocycles. The number of aromatic amines is 1. The maximum atomic E-state index is 12.8. The number of benzene rings is 1. The number of hydrogen-bond acceptors (Lipinski definition) is 6. The van der Waals surface area contributed by atoms with Gasteiger partial charge in [-0.2, -0.15) is 0 Å². The molecular weight excluding hydrogens is 438 g/mol. The third kappa shape index (κ3) is 5.50. The van der Waals surface area contributed by atoms with Gasteiger partial charge in [-0.15, -0.1) is 11.3 Å². The fourth-order valence-corrected chi connectivity index (χ4v) is 4.49. The van der Waals surface area contributed by atoms with Gasteiger partial charge in [0, 0.05) is 10.4 Å². The Bertz CT molecular complexity index is 1230. The van der Waals surface area contributed by atoms with Crippen LogP contribution < -0.4 is 10.9 Å². The first-order valence-electron chi connectivity index (χ1n) is 11.0. The molecule has 2 heterocycles. The number of carbonyl (C=O) groups excluding carboxylic acids is 2. The van der Waals surface area contributed by atoms with Gasteiger partial charge in [0.1, 0.15) is 23.3 Å². The number of fused-ring (bicyclic) bond motifs is 1. The molecule has 3 aromatic rings. The number of aromatic nitrogens is 2. The number of nitrogens with zero attached hydrogens (tertiary/aromatic N) is 1. The number of rotatable bonds is 6. The van der Waals surface area contributed by atoms with Gasteiger partial charge in [0.15, 0.2) is 0 Å². The van der Waals surface area contributed by atoms with Gasteiger partial charge in [-0.05, 0) is 48.4 Å². The van der Waals surface area contributed by atoms with Gasteiger partial charge in [0.25, 0.3) is 11.5 Å². The summed E-state index contributed by atoms with van der Waals surface area (Å²) in [6.45, 7) is 13.6. The maximum absolute atomic E-state index is 12.8. The molecule has 0 spiro atoms. The smallest absolute Gasteiger partial charge is 0.329 e. The van der Waals surface area contributed by atoms with Gasteiger partial charge < -0.3 is 15.0 Å². The molecule has 1 amide bonds. The summed E-state index contributed by atoms with van der Waals surface area (Å²) in [7, 11) is 0. The average Bonchev–Trinajstić information content (AvgIpc) is 3.03. The van der Waals surface area contributed by atoms with E-state index in [1.165, 1.54) is 11.3 Å². The van der Waals surface area contributed by atoms with Crippen LogP contribution in [0.15, 0.2) is 29.1 Å². The Hall–Kier alpha value is -3.00. The molecule has 0 aliphatic heterocycles. The van der Waals surface area contributed by atoms with E-state index in [1.807, 2.05) is 39.8 Å². The number of esters is 1. The first-order valence-corrected chi connectivity index (χ1v) is 11.8. The standard InChI is InChI=1S/C25H31N3O4S/c1-13(2)20(28-21(29)16-8-10-17(11-9-16)25(5,6)7)24(31)32-12-18-26-22(30)19-14(3)15(4)33-23(19)27-18/h8-11,13,20H,12H2,1-7H3,(H,28,29)(H,26,27,30)/t20-/m1/s1. The predicted octanol–water partition coefficient (Wildman–Crippen LogP) is 4.40. The second-order valence-electron chi connectivity index (χ2n) is 9.61. The summed E-state index contributed by atoms with van der Waals surface area (Å²) in [5, 5.41) is 3.34. The van der Waals surface area contributed by atoms with E-state index in [-0.39, 0.29) is 35.2 Å². The Morgan fingerprint density at radius 2 is 1.79 bits per heavy atom. The first kappa shape index (κ1) is 24.6. The van der Waals surface area contributed by atoms with E-state index < -0.39 is 12.0 Å². The normalized spacial score (nSPS) is 12.7. The SMILES string of the molecule is Cc1sc2nc(COC(=O)[C@H](NC(=O)c3ccc(C(C)(C)C)cc3)C(C)C)[nH]c(=O)c2c1C. The molecule has 7 nitrogen and oxygen atoms in total. The van der Waals surface area contributed by atoms with Gasteiger partial charge in [0.2, 0.25) is 0 Å². The molecule has 0 saturated carbocycles. The van der Waals surface area contributed by atoms with Crippen molar-refractivity contribution in [2.45, 2.75) is 66.5 Å². The van der Waals surface area contributed by atoms with Gasteiger partial charge in [-0.1, -0.05) is 46.8 Å². The Balaban J connectivity index is 1.70. The lowest BCUT2D eigenvalue weighted by atomic mass is 9.86. The number of amides is 1. The molecular formula is C25H31N3O4S. The Morgan fingerprint density at radius 3 is 2.36 bits per heavy atom. The number of aryl methyl sites for hydroxylation is 2. The summed E-state index contributed by atoms with van der Waals surface area (Å²) in [5.41, 5.74) is 2.23. The molecule has 33 heavy (non-hydrogen) atoms. The molecule has 0 bridgehead atoms. The topological polar surface area (TPSA) is 101 Å². The summed E-state index contributed by atoms with van der Waals surface area (Å²) in [6, 6.07) is 6.52. The molecule has 2 aromatic heterocycles. The van der Waals surface area contributed by atoms with Crippen molar-refractivity contribution < 1.29 is 14.3 Å². The molecule has 0 aliphatic rings. The highest BCUT2D eigenvalue weighted by Crippen LogP contribution is 2.26. The zero-order chi connectivity index (χ0) is 24.5. The predicted molar refractivity (Wildman–Crippen MR) is 131 cm³/mol. The van der Waals surface area contributed by atoms with Crippen molar-refractivity contribution in [3.63, 3.8) is 0 Å². The molecule has 2 N–H and O–H groups in total. The van der Waals surface area contributed by atoms with Crippen LogP contribution in [0.25, 0.3) is 10.2 Å². The summed E-state index contributed by atoms with van der Waals surface area (Å²) in [6.07, 6.45) is 0. The largest absolute Gasteiger partial charge is 0.456 e. The lowest BCUT2D eigenvalue weighted by Gasteiger charge is -2.22. The highest BCUT2D eigenvalue weighted by Gasteiger charge is 2.27. The Labute approximate surface area is 197 Å². The van der Waals surface area contributed by atoms with E-state index in [9.17, 15) is 14.4 Å². The molecule has 3 rings (SSSR count). The van der Waals surface area contributed by atoms with Crippen LogP contribution in [-0.4, -0.2) is 27.9 Å². The molecule has 1 atom stereocenters. The summed E-state index contributed by atoms with van der Waals surface area (Å²) >= 11 is 1.43. The van der Waals surface area contributed by atoms with Crippen LogP contribution in [0.4, 0.5) is 0 Å². The van der Waals surface area contributed by atoms with Gasteiger partial charge in [0.05, 0.1) is 5.39 Å². The van der Waals surface area contributed by atoms with Crippen molar-refractivity contribution in [2.24, 2.45) is 5.92 Å². The highest BCUT2D eigenvalue weighted by molar-refractivity contribution is 7.18. The number of carbonyl (C=O) groups is 2. The average molecular weight is 470 g/mol. The molecule has 0 radical (unpaired) electrons. The number of H-pyrrole nitrogens is 1. The molecule has 0 saturated heterocycles. The monoisotopic (exact) mass is 469 g/mol. The molecule has 8 heteroatoms. The summed E-state index contributed by atoms with van der Waals surface area (Å²) < 4.78 is 5.41. The lowest BCUT2D eigenvalue weighted by molar-refractivity contribution is -0.148. The zero-order valence-electron chi connectivity index (χ0n) is 20.2. The van der Waals surface area contributed by atoms with Gasteiger partial charge in [-0.25, -0.2) is 9.78 Å². The second kappa shape index (κ2) is 9.47. The zero-order valence-corrected chi connectivity index (χ0v) is 21.0. The highest BCUT2D eigenvalue weighted by atomic mass is 32.1. The Morgan fingerprint density at radius 1 is 1.15 bits per heavy atom. The quantitative estimate of drug-likeness (QED) is 0.521. The number of nitrogens with one attached hydrogen (secondary N) is 2. The maximum Gasteiger partial charge on any atom is 0.329 e. The van der Waals surface area contributed by atoms with Crippen LogP contribution in [0.3, 0.4) is 0 Å². The van der Waals surface area contributed by atoms with Crippen molar-refractivity contribution in [3.8, 4) is 0 Å². The molecule has 176 valence electrons. The number of ether oxygens (including phenoxy) is 1. The van der Waals surface area contributed by atoms with Crippen molar-refractivity contribution in [1.29, 1.82) is 0 Å². The third-order valence-electron chi connectivity index (χ3n) is 5.66. The van der Waals surface area contributed by atoms with Crippen LogP contribution in [0, 0.1) is 19.8 Å². The van der Waals surface area contributed by atoms with Gasteiger partial charge >= 0.3 is 5.97 Å². The lowest BCUT2D eigenvalue weighted by Crippen LogP contribution is -2.45. The van der Waals surface area contributed by atoms with E-state index in [1.54, 1.807) is 12.1 Å². The minimum atomic E-state index is -0.832.